The zero-order valence-electron chi connectivity index (χ0n) is 11.9. The molecule has 0 heterocycles. The monoisotopic (exact) mass is 267 g/mol. The van der Waals surface area contributed by atoms with E-state index in [1.165, 1.54) is 26.1 Å². The minimum absolute atomic E-state index is 0.161. The van der Waals surface area contributed by atoms with Gasteiger partial charge in [0.25, 0.3) is 5.69 Å². The maximum absolute atomic E-state index is 10.5. The van der Waals surface area contributed by atoms with Crippen LogP contribution >= 0.6 is 0 Å². The Morgan fingerprint density at radius 2 is 1.84 bits per heavy atom. The standard InChI is InChI=1S/C14H23N3O2/c1-3-16(4-2)11-5-10-15-12-13-6-8-14(9-7-13)17(18)19/h6-9,15H,3-5,10-12H2,1-2H3/p+2. The first-order valence-electron chi connectivity index (χ1n) is 7.06. The molecule has 0 bridgehead atoms. The van der Waals surface area contributed by atoms with Crippen LogP contribution in [0.15, 0.2) is 24.3 Å². The minimum atomic E-state index is -0.361. The molecule has 3 N–H and O–H groups in total. The Kier molecular flexibility index (Phi) is 7.07. The van der Waals surface area contributed by atoms with E-state index in [-0.39, 0.29) is 10.6 Å². The van der Waals surface area contributed by atoms with E-state index < -0.39 is 0 Å². The van der Waals surface area contributed by atoms with Gasteiger partial charge in [0.2, 0.25) is 0 Å². The van der Waals surface area contributed by atoms with Gasteiger partial charge >= 0.3 is 0 Å². The van der Waals surface area contributed by atoms with Crippen molar-refractivity contribution in [3.63, 3.8) is 0 Å². The second kappa shape index (κ2) is 8.61. The Morgan fingerprint density at radius 1 is 1.21 bits per heavy atom. The Morgan fingerprint density at radius 3 is 2.37 bits per heavy atom. The summed E-state index contributed by atoms with van der Waals surface area (Å²) in [6.07, 6.45) is 1.21. The highest BCUT2D eigenvalue weighted by atomic mass is 16.6. The number of benzene rings is 1. The predicted octanol–water partition coefficient (Wildman–Crippen LogP) is -0.0270. The van der Waals surface area contributed by atoms with Crippen LogP contribution in [0.1, 0.15) is 25.8 Å². The Bertz CT molecular complexity index is 375. The van der Waals surface area contributed by atoms with Gasteiger partial charge in [-0.25, -0.2) is 0 Å². The first-order valence-corrected chi connectivity index (χ1v) is 7.06. The average molecular weight is 267 g/mol. The molecule has 106 valence electrons. The van der Waals surface area contributed by atoms with Gasteiger partial charge in [-0.1, -0.05) is 0 Å². The molecule has 0 amide bonds. The maximum Gasteiger partial charge on any atom is 0.269 e. The van der Waals surface area contributed by atoms with Crippen LogP contribution < -0.4 is 10.2 Å². The van der Waals surface area contributed by atoms with Crippen LogP contribution in [0.3, 0.4) is 0 Å². The highest BCUT2D eigenvalue weighted by molar-refractivity contribution is 5.32. The van der Waals surface area contributed by atoms with E-state index >= 15 is 0 Å². The fraction of sp³-hybridized carbons (Fsp3) is 0.571. The van der Waals surface area contributed by atoms with Crippen molar-refractivity contribution >= 4 is 5.69 Å². The number of nitrogens with two attached hydrogens (primary N) is 1. The first-order chi connectivity index (χ1) is 9.17. The van der Waals surface area contributed by atoms with Gasteiger partial charge in [0.15, 0.2) is 0 Å². The third kappa shape index (κ3) is 5.81. The van der Waals surface area contributed by atoms with Gasteiger partial charge in [-0.3, -0.25) is 10.1 Å². The Balaban J connectivity index is 2.20. The molecule has 0 aromatic heterocycles. The van der Waals surface area contributed by atoms with Crippen LogP contribution in [-0.2, 0) is 6.54 Å². The molecule has 19 heavy (non-hydrogen) atoms. The summed E-state index contributed by atoms with van der Waals surface area (Å²) in [6.45, 7) is 10.1. The summed E-state index contributed by atoms with van der Waals surface area (Å²) in [5, 5.41) is 12.8. The first kappa shape index (κ1) is 15.6. The number of quaternary nitrogens is 2. The van der Waals surface area contributed by atoms with Crippen LogP contribution in [0.4, 0.5) is 5.69 Å². The molecule has 1 aromatic rings. The molecule has 5 nitrogen and oxygen atoms in total. The number of nitro benzene ring substituents is 1. The molecule has 0 saturated carbocycles. The number of non-ortho nitro benzene ring substituents is 1. The molecule has 0 fully saturated rings. The topological polar surface area (TPSA) is 64.2 Å². The molecule has 1 aromatic carbocycles. The maximum atomic E-state index is 10.5. The molecule has 0 atom stereocenters. The molecule has 0 aliphatic carbocycles. The molecule has 0 aliphatic heterocycles. The van der Waals surface area contributed by atoms with Crippen LogP contribution in [0, 0.1) is 10.1 Å². The summed E-state index contributed by atoms with van der Waals surface area (Å²) in [6, 6.07) is 6.82. The quantitative estimate of drug-likeness (QED) is 0.375. The number of nitrogens with zero attached hydrogens (tertiary/aromatic N) is 1. The van der Waals surface area contributed by atoms with Crippen LogP contribution in [0.2, 0.25) is 0 Å². The highest BCUT2D eigenvalue weighted by Crippen LogP contribution is 2.10. The molecular weight excluding hydrogens is 242 g/mol. The molecule has 1 rings (SSSR count). The van der Waals surface area contributed by atoms with Crippen molar-refractivity contribution in [1.82, 2.24) is 0 Å². The largest absolute Gasteiger partial charge is 0.342 e. The zero-order valence-corrected chi connectivity index (χ0v) is 11.9. The summed E-state index contributed by atoms with van der Waals surface area (Å²) < 4.78 is 0. The van der Waals surface area contributed by atoms with E-state index in [1.807, 2.05) is 12.1 Å². The summed E-state index contributed by atoms with van der Waals surface area (Å²) in [4.78, 5) is 11.8. The van der Waals surface area contributed by atoms with E-state index in [0.717, 1.165) is 18.7 Å². The lowest BCUT2D eigenvalue weighted by molar-refractivity contribution is -0.898. The normalized spacial score (nSPS) is 10.9. The predicted molar refractivity (Wildman–Crippen MR) is 75.1 cm³/mol. The molecular formula is C14H25N3O2+2. The highest BCUT2D eigenvalue weighted by Gasteiger charge is 2.05. The minimum Gasteiger partial charge on any atom is -0.342 e. The number of hydrogen-bond donors (Lipinski definition) is 2. The summed E-state index contributed by atoms with van der Waals surface area (Å²) in [7, 11) is 0. The zero-order chi connectivity index (χ0) is 14.1. The van der Waals surface area contributed by atoms with Crippen molar-refractivity contribution < 1.29 is 15.1 Å². The van der Waals surface area contributed by atoms with Crippen LogP contribution in [0.5, 0.6) is 0 Å². The average Bonchev–Trinajstić information content (AvgIpc) is 2.43. The van der Waals surface area contributed by atoms with Gasteiger partial charge in [-0.05, 0) is 26.0 Å². The summed E-state index contributed by atoms with van der Waals surface area (Å²) >= 11 is 0. The number of nitro groups is 1. The van der Waals surface area contributed by atoms with E-state index in [9.17, 15) is 10.1 Å². The Labute approximate surface area is 114 Å². The van der Waals surface area contributed by atoms with Crippen molar-refractivity contribution in [2.75, 3.05) is 26.2 Å². The van der Waals surface area contributed by atoms with Gasteiger partial charge in [0.1, 0.15) is 6.54 Å². The van der Waals surface area contributed by atoms with Crippen molar-refractivity contribution in [2.45, 2.75) is 26.8 Å². The smallest absolute Gasteiger partial charge is 0.269 e. The molecule has 0 unspecified atom stereocenters. The van der Waals surface area contributed by atoms with E-state index in [4.69, 9.17) is 0 Å². The second-order valence-electron chi connectivity index (χ2n) is 4.77. The summed E-state index contributed by atoms with van der Waals surface area (Å²) in [5.41, 5.74) is 1.30. The van der Waals surface area contributed by atoms with Crippen molar-refractivity contribution in [3.05, 3.63) is 39.9 Å². The lowest BCUT2D eigenvalue weighted by Crippen LogP contribution is -3.11. The molecule has 0 radical (unpaired) electrons. The van der Waals surface area contributed by atoms with Gasteiger partial charge in [0.05, 0.1) is 31.1 Å². The second-order valence-corrected chi connectivity index (χ2v) is 4.77. The summed E-state index contributed by atoms with van der Waals surface area (Å²) in [5.74, 6) is 0. The lowest BCUT2D eigenvalue weighted by Gasteiger charge is -2.14. The molecule has 0 aliphatic rings. The third-order valence-electron chi connectivity index (χ3n) is 3.47. The van der Waals surface area contributed by atoms with E-state index in [2.05, 4.69) is 19.2 Å². The van der Waals surface area contributed by atoms with Crippen LogP contribution in [0.25, 0.3) is 0 Å². The number of nitrogens with one attached hydrogen (secondary N) is 1. The molecule has 5 heteroatoms. The lowest BCUT2D eigenvalue weighted by atomic mass is 10.2. The van der Waals surface area contributed by atoms with Crippen molar-refractivity contribution in [2.24, 2.45) is 0 Å². The van der Waals surface area contributed by atoms with Crippen molar-refractivity contribution in [1.29, 1.82) is 0 Å². The third-order valence-corrected chi connectivity index (χ3v) is 3.47. The number of hydrogen-bond acceptors (Lipinski definition) is 2. The van der Waals surface area contributed by atoms with E-state index in [0.29, 0.717) is 0 Å². The number of rotatable bonds is 9. The van der Waals surface area contributed by atoms with Crippen molar-refractivity contribution in [3.8, 4) is 0 Å². The molecule has 0 saturated heterocycles. The fourth-order valence-corrected chi connectivity index (χ4v) is 2.12. The van der Waals surface area contributed by atoms with Gasteiger partial charge in [-0.15, -0.1) is 0 Å². The van der Waals surface area contributed by atoms with Gasteiger partial charge in [-0.2, -0.15) is 0 Å². The van der Waals surface area contributed by atoms with E-state index in [1.54, 1.807) is 17.0 Å². The van der Waals surface area contributed by atoms with Gasteiger partial charge < -0.3 is 10.2 Å². The molecule has 0 spiro atoms. The van der Waals surface area contributed by atoms with Crippen LogP contribution in [-0.4, -0.2) is 31.1 Å². The van der Waals surface area contributed by atoms with Gasteiger partial charge in [0, 0.05) is 24.1 Å². The fourth-order valence-electron chi connectivity index (χ4n) is 2.12. The Hall–Kier alpha value is -1.46. The SMILES string of the molecule is CC[NH+](CC)CCC[NH2+]Cc1ccc([N+](=O)[O-])cc1.